The van der Waals surface area contributed by atoms with E-state index in [0.717, 1.165) is 32.6 Å². The lowest BCUT2D eigenvalue weighted by atomic mass is 10.2. The summed E-state index contributed by atoms with van der Waals surface area (Å²) >= 11 is 3.43. The van der Waals surface area contributed by atoms with E-state index in [9.17, 15) is 0 Å². The number of nitrogens with zero attached hydrogens (tertiary/aromatic N) is 1. The van der Waals surface area contributed by atoms with E-state index < -0.39 is 0 Å². The molecule has 1 heterocycles. The highest BCUT2D eigenvalue weighted by Gasteiger charge is 2.07. The standard InChI is InChI=1S/C17H15BrN2O/c1-19-11-13-10-17(15-4-2-3-5-16(15)20-13)21-14-8-6-12(18)7-9-14/h2-10,19H,11H2,1H3. The van der Waals surface area contributed by atoms with Crippen LogP contribution in [0.2, 0.25) is 0 Å². The first-order valence-corrected chi connectivity index (χ1v) is 7.52. The number of benzene rings is 2. The maximum absolute atomic E-state index is 6.05. The van der Waals surface area contributed by atoms with E-state index in [0.29, 0.717) is 6.54 Å². The van der Waals surface area contributed by atoms with Crippen LogP contribution in [0, 0.1) is 0 Å². The summed E-state index contributed by atoms with van der Waals surface area (Å²) in [6.45, 7) is 0.710. The predicted molar refractivity (Wildman–Crippen MR) is 88.7 cm³/mol. The lowest BCUT2D eigenvalue weighted by molar-refractivity contribution is 0.486. The molecule has 2 aromatic carbocycles. The molecule has 4 heteroatoms. The van der Waals surface area contributed by atoms with Crippen LogP contribution < -0.4 is 10.1 Å². The molecule has 0 aliphatic carbocycles. The molecule has 3 aromatic rings. The van der Waals surface area contributed by atoms with E-state index in [2.05, 4.69) is 26.2 Å². The Balaban J connectivity index is 2.04. The molecule has 0 bridgehead atoms. The number of hydrogen-bond acceptors (Lipinski definition) is 3. The van der Waals surface area contributed by atoms with E-state index in [1.807, 2.05) is 61.6 Å². The molecule has 0 radical (unpaired) electrons. The molecule has 3 nitrogen and oxygen atoms in total. The molecule has 0 atom stereocenters. The number of nitrogens with one attached hydrogen (secondary N) is 1. The van der Waals surface area contributed by atoms with Crippen molar-refractivity contribution in [1.29, 1.82) is 0 Å². The Morgan fingerprint density at radius 3 is 2.62 bits per heavy atom. The summed E-state index contributed by atoms with van der Waals surface area (Å²) in [5.41, 5.74) is 1.90. The minimum atomic E-state index is 0.710. The van der Waals surface area contributed by atoms with Crippen molar-refractivity contribution in [3.8, 4) is 11.5 Å². The van der Waals surface area contributed by atoms with Crippen LogP contribution in [0.25, 0.3) is 10.9 Å². The van der Waals surface area contributed by atoms with Crippen LogP contribution in [0.5, 0.6) is 11.5 Å². The molecule has 0 aliphatic heterocycles. The average molecular weight is 343 g/mol. The predicted octanol–water partition coefficient (Wildman–Crippen LogP) is 4.51. The van der Waals surface area contributed by atoms with Gasteiger partial charge in [-0.25, -0.2) is 0 Å². The third-order valence-electron chi connectivity index (χ3n) is 3.13. The number of hydrogen-bond donors (Lipinski definition) is 1. The first-order chi connectivity index (χ1) is 10.3. The van der Waals surface area contributed by atoms with Gasteiger partial charge < -0.3 is 10.1 Å². The van der Waals surface area contributed by atoms with E-state index in [1.54, 1.807) is 0 Å². The zero-order valence-electron chi connectivity index (χ0n) is 11.6. The second kappa shape index (κ2) is 6.24. The van der Waals surface area contributed by atoms with Crippen LogP contribution in [0.4, 0.5) is 0 Å². The first kappa shape index (κ1) is 14.0. The van der Waals surface area contributed by atoms with Gasteiger partial charge in [-0.1, -0.05) is 28.1 Å². The van der Waals surface area contributed by atoms with Crippen LogP contribution in [-0.4, -0.2) is 12.0 Å². The summed E-state index contributed by atoms with van der Waals surface area (Å²) in [4.78, 5) is 4.63. The third-order valence-corrected chi connectivity index (χ3v) is 3.66. The number of rotatable bonds is 4. The molecule has 0 saturated heterocycles. The Labute approximate surface area is 132 Å². The molecule has 0 fully saturated rings. The largest absolute Gasteiger partial charge is 0.457 e. The van der Waals surface area contributed by atoms with Gasteiger partial charge in [0.2, 0.25) is 0 Å². The van der Waals surface area contributed by atoms with Crippen molar-refractivity contribution in [3.63, 3.8) is 0 Å². The fraction of sp³-hybridized carbons (Fsp3) is 0.118. The first-order valence-electron chi connectivity index (χ1n) is 6.73. The number of halogens is 1. The number of aromatic nitrogens is 1. The van der Waals surface area contributed by atoms with Crippen molar-refractivity contribution in [1.82, 2.24) is 10.3 Å². The van der Waals surface area contributed by atoms with Gasteiger partial charge in [0.1, 0.15) is 11.5 Å². The van der Waals surface area contributed by atoms with E-state index in [1.165, 1.54) is 0 Å². The SMILES string of the molecule is CNCc1cc(Oc2ccc(Br)cc2)c2ccccc2n1. The molecule has 0 aliphatic rings. The molecular weight excluding hydrogens is 328 g/mol. The lowest BCUT2D eigenvalue weighted by Crippen LogP contribution is -2.07. The molecule has 0 spiro atoms. The van der Waals surface area contributed by atoms with Gasteiger partial charge in [0.15, 0.2) is 0 Å². The zero-order chi connectivity index (χ0) is 14.7. The fourth-order valence-electron chi connectivity index (χ4n) is 2.18. The smallest absolute Gasteiger partial charge is 0.138 e. The number of ether oxygens (including phenoxy) is 1. The Kier molecular flexibility index (Phi) is 4.18. The molecular formula is C17H15BrN2O. The van der Waals surface area contributed by atoms with Gasteiger partial charge in [-0.2, -0.15) is 0 Å². The van der Waals surface area contributed by atoms with Crippen molar-refractivity contribution in [3.05, 3.63) is 64.8 Å². The van der Waals surface area contributed by atoms with Gasteiger partial charge >= 0.3 is 0 Å². The minimum Gasteiger partial charge on any atom is -0.457 e. The van der Waals surface area contributed by atoms with Crippen LogP contribution in [0.15, 0.2) is 59.1 Å². The van der Waals surface area contributed by atoms with Gasteiger partial charge in [-0.05, 0) is 43.4 Å². The summed E-state index contributed by atoms with van der Waals surface area (Å²) in [5, 5.41) is 4.14. The number of para-hydroxylation sites is 1. The van der Waals surface area contributed by atoms with Crippen molar-refractivity contribution >= 4 is 26.8 Å². The highest BCUT2D eigenvalue weighted by Crippen LogP contribution is 2.30. The van der Waals surface area contributed by atoms with Crippen LogP contribution in [-0.2, 0) is 6.54 Å². The Hall–Kier alpha value is -1.91. The zero-order valence-corrected chi connectivity index (χ0v) is 13.2. The maximum atomic E-state index is 6.05. The summed E-state index contributed by atoms with van der Waals surface area (Å²) in [5.74, 6) is 1.64. The quantitative estimate of drug-likeness (QED) is 0.757. The topological polar surface area (TPSA) is 34.1 Å². The van der Waals surface area contributed by atoms with Gasteiger partial charge in [0.25, 0.3) is 0 Å². The average Bonchev–Trinajstić information content (AvgIpc) is 2.50. The summed E-state index contributed by atoms with van der Waals surface area (Å²) in [6, 6.07) is 17.8. The molecule has 3 rings (SSSR count). The van der Waals surface area contributed by atoms with Gasteiger partial charge in [-0.15, -0.1) is 0 Å². The molecule has 0 unspecified atom stereocenters. The molecule has 0 amide bonds. The van der Waals surface area contributed by atoms with E-state index in [4.69, 9.17) is 4.74 Å². The monoisotopic (exact) mass is 342 g/mol. The van der Waals surface area contributed by atoms with Gasteiger partial charge in [0.05, 0.1) is 11.2 Å². The molecule has 106 valence electrons. The minimum absolute atomic E-state index is 0.710. The normalized spacial score (nSPS) is 10.8. The maximum Gasteiger partial charge on any atom is 0.138 e. The molecule has 0 saturated carbocycles. The Morgan fingerprint density at radius 1 is 1.10 bits per heavy atom. The number of pyridine rings is 1. The molecule has 1 N–H and O–H groups in total. The van der Waals surface area contributed by atoms with E-state index >= 15 is 0 Å². The lowest BCUT2D eigenvalue weighted by Gasteiger charge is -2.11. The van der Waals surface area contributed by atoms with Crippen molar-refractivity contribution in [2.24, 2.45) is 0 Å². The second-order valence-corrected chi connectivity index (χ2v) is 5.63. The second-order valence-electron chi connectivity index (χ2n) is 4.72. The Morgan fingerprint density at radius 2 is 1.86 bits per heavy atom. The fourth-order valence-corrected chi connectivity index (χ4v) is 2.45. The van der Waals surface area contributed by atoms with Crippen molar-refractivity contribution in [2.45, 2.75) is 6.54 Å². The van der Waals surface area contributed by atoms with Crippen molar-refractivity contribution in [2.75, 3.05) is 7.05 Å². The van der Waals surface area contributed by atoms with Crippen LogP contribution in [0.3, 0.4) is 0 Å². The summed E-state index contributed by atoms with van der Waals surface area (Å²) < 4.78 is 7.08. The van der Waals surface area contributed by atoms with Crippen LogP contribution >= 0.6 is 15.9 Å². The molecule has 1 aromatic heterocycles. The Bertz CT molecular complexity index is 756. The van der Waals surface area contributed by atoms with Gasteiger partial charge in [-0.3, -0.25) is 4.98 Å². The highest BCUT2D eigenvalue weighted by atomic mass is 79.9. The summed E-state index contributed by atoms with van der Waals surface area (Å²) in [6.07, 6.45) is 0. The third kappa shape index (κ3) is 3.23. The van der Waals surface area contributed by atoms with Gasteiger partial charge in [0, 0.05) is 22.5 Å². The number of fused-ring (bicyclic) bond motifs is 1. The van der Waals surface area contributed by atoms with Crippen LogP contribution in [0.1, 0.15) is 5.69 Å². The van der Waals surface area contributed by atoms with E-state index in [-0.39, 0.29) is 0 Å². The molecule has 21 heavy (non-hydrogen) atoms. The highest BCUT2D eigenvalue weighted by molar-refractivity contribution is 9.10. The van der Waals surface area contributed by atoms with Crippen molar-refractivity contribution < 1.29 is 4.74 Å². The summed E-state index contributed by atoms with van der Waals surface area (Å²) in [7, 11) is 1.91.